The number of amides is 3. The minimum Gasteiger partial charge on any atom is -0.452 e. The van der Waals surface area contributed by atoms with Crippen LogP contribution in [0.1, 0.15) is 46.7 Å². The highest BCUT2D eigenvalue weighted by Crippen LogP contribution is 2.45. The number of hydrogen-bond donors (Lipinski definition) is 1. The molecule has 0 radical (unpaired) electrons. The molecule has 1 N–H and O–H groups in total. The second-order valence-electron chi connectivity index (χ2n) is 10.0. The third-order valence-corrected chi connectivity index (χ3v) is 7.77. The van der Waals surface area contributed by atoms with Gasteiger partial charge in [-0.3, -0.25) is 19.3 Å². The molecule has 0 aromatic heterocycles. The molecular weight excluding hydrogens is 561 g/mol. The molecule has 2 fully saturated rings. The molecule has 41 heavy (non-hydrogen) atoms. The van der Waals surface area contributed by atoms with Gasteiger partial charge in [0.2, 0.25) is 11.8 Å². The Morgan fingerprint density at radius 3 is 2.39 bits per heavy atom. The molecule has 3 amide bonds. The lowest BCUT2D eigenvalue weighted by Crippen LogP contribution is -2.31. The maximum atomic E-state index is 13.4. The van der Waals surface area contributed by atoms with E-state index in [4.69, 9.17) is 16.3 Å². The van der Waals surface area contributed by atoms with Crippen LogP contribution in [0.15, 0.2) is 72.8 Å². The second kappa shape index (κ2) is 11.4. The fourth-order valence-corrected chi connectivity index (χ4v) is 5.60. The van der Waals surface area contributed by atoms with Crippen LogP contribution in [0.5, 0.6) is 0 Å². The average molecular weight is 585 g/mol. The largest absolute Gasteiger partial charge is 0.452 e. The lowest BCUT2D eigenvalue weighted by atomic mass is 9.73. The number of alkyl halides is 3. The van der Waals surface area contributed by atoms with Crippen molar-refractivity contribution in [1.82, 2.24) is 0 Å². The molecule has 3 aromatic carbocycles. The number of halogens is 4. The van der Waals surface area contributed by atoms with Crippen LogP contribution in [0.4, 0.5) is 24.5 Å². The molecule has 7 nitrogen and oxygen atoms in total. The minimum absolute atomic E-state index is 0.00923. The van der Waals surface area contributed by atoms with Crippen LogP contribution in [0.2, 0.25) is 5.02 Å². The van der Waals surface area contributed by atoms with Crippen molar-refractivity contribution in [2.24, 2.45) is 11.8 Å². The molecule has 212 valence electrons. The molecule has 0 spiro atoms. The highest BCUT2D eigenvalue weighted by atomic mass is 35.5. The van der Waals surface area contributed by atoms with Gasteiger partial charge in [-0.15, -0.1) is 0 Å². The number of ether oxygens (including phenoxy) is 1. The Bertz CT molecular complexity index is 1510. The summed E-state index contributed by atoms with van der Waals surface area (Å²) in [5.41, 5.74) is 0.0538. The maximum Gasteiger partial charge on any atom is 0.416 e. The third kappa shape index (κ3) is 5.97. The van der Waals surface area contributed by atoms with Gasteiger partial charge in [0.1, 0.15) is 0 Å². The zero-order valence-electron chi connectivity index (χ0n) is 21.5. The standard InChI is InChI=1S/C30H24ClF3N2O5/c31-24-12-10-20(30(32,33)34)15-25(24)35-26(37)16-41-29(40)19-7-4-8-21(13-19)36-27(38)22-11-9-18(14-23(22)28(36)39)17-5-2-1-3-6-17/h1-8,10,12-13,15,18,22-23H,9,11,14,16H2,(H,35,37)/t18-,22-,23-/m1/s1. The van der Waals surface area contributed by atoms with Gasteiger partial charge in [-0.1, -0.05) is 48.0 Å². The number of esters is 1. The Morgan fingerprint density at radius 2 is 1.66 bits per heavy atom. The molecule has 1 aliphatic heterocycles. The monoisotopic (exact) mass is 584 g/mol. The number of anilines is 2. The summed E-state index contributed by atoms with van der Waals surface area (Å²) in [7, 11) is 0. The Morgan fingerprint density at radius 1 is 0.927 bits per heavy atom. The van der Waals surface area contributed by atoms with E-state index in [1.54, 1.807) is 6.07 Å². The van der Waals surface area contributed by atoms with Gasteiger partial charge >= 0.3 is 12.1 Å². The molecule has 1 aliphatic carbocycles. The van der Waals surface area contributed by atoms with Crippen LogP contribution in [0, 0.1) is 11.8 Å². The highest BCUT2D eigenvalue weighted by Gasteiger charge is 2.50. The number of nitrogens with zero attached hydrogens (tertiary/aromatic N) is 1. The third-order valence-electron chi connectivity index (χ3n) is 7.44. The fraction of sp³-hybridized carbons (Fsp3) is 0.267. The molecule has 3 aromatic rings. The predicted molar refractivity (Wildman–Crippen MR) is 144 cm³/mol. The maximum absolute atomic E-state index is 13.4. The van der Waals surface area contributed by atoms with Crippen molar-refractivity contribution in [2.75, 3.05) is 16.8 Å². The van der Waals surface area contributed by atoms with Crippen molar-refractivity contribution in [2.45, 2.75) is 31.4 Å². The van der Waals surface area contributed by atoms with Crippen molar-refractivity contribution in [3.8, 4) is 0 Å². The van der Waals surface area contributed by atoms with Crippen LogP contribution in [0.25, 0.3) is 0 Å². The van der Waals surface area contributed by atoms with Gasteiger partial charge in [0.25, 0.3) is 5.91 Å². The van der Waals surface area contributed by atoms with Crippen molar-refractivity contribution in [3.63, 3.8) is 0 Å². The molecule has 2 aliphatic rings. The van der Waals surface area contributed by atoms with Crippen LogP contribution >= 0.6 is 11.6 Å². The van der Waals surface area contributed by atoms with Crippen LogP contribution in [-0.4, -0.2) is 30.3 Å². The minimum atomic E-state index is -4.64. The van der Waals surface area contributed by atoms with Crippen LogP contribution in [0.3, 0.4) is 0 Å². The lowest BCUT2D eigenvalue weighted by molar-refractivity contribution is -0.137. The fourth-order valence-electron chi connectivity index (χ4n) is 5.43. The summed E-state index contributed by atoms with van der Waals surface area (Å²) in [6, 6.07) is 18.1. The zero-order valence-corrected chi connectivity index (χ0v) is 22.2. The molecule has 1 saturated carbocycles. The van der Waals surface area contributed by atoms with Gasteiger partial charge in [-0.25, -0.2) is 4.79 Å². The van der Waals surface area contributed by atoms with Crippen molar-refractivity contribution in [1.29, 1.82) is 0 Å². The van der Waals surface area contributed by atoms with Gasteiger partial charge in [0, 0.05) is 0 Å². The Balaban J connectivity index is 1.23. The van der Waals surface area contributed by atoms with E-state index in [0.29, 0.717) is 18.9 Å². The molecule has 0 bridgehead atoms. The molecular formula is C30H24ClF3N2O5. The number of carbonyl (C=O) groups is 4. The number of nitrogens with one attached hydrogen (secondary N) is 1. The van der Waals surface area contributed by atoms with E-state index in [1.807, 2.05) is 30.3 Å². The van der Waals surface area contributed by atoms with E-state index in [1.165, 1.54) is 18.2 Å². The zero-order chi connectivity index (χ0) is 29.3. The summed E-state index contributed by atoms with van der Waals surface area (Å²) in [5.74, 6) is -3.16. The number of benzene rings is 3. The molecule has 0 unspecified atom stereocenters. The van der Waals surface area contributed by atoms with Gasteiger partial charge in [-0.2, -0.15) is 13.2 Å². The summed E-state index contributed by atoms with van der Waals surface area (Å²) in [5, 5.41) is 2.07. The summed E-state index contributed by atoms with van der Waals surface area (Å²) >= 11 is 5.89. The number of imide groups is 1. The summed E-state index contributed by atoms with van der Waals surface area (Å²) in [4.78, 5) is 52.7. The summed E-state index contributed by atoms with van der Waals surface area (Å²) in [6.07, 6.45) is -2.71. The average Bonchev–Trinajstić information content (AvgIpc) is 3.21. The van der Waals surface area contributed by atoms with Crippen molar-refractivity contribution in [3.05, 3.63) is 94.5 Å². The number of hydrogen-bond acceptors (Lipinski definition) is 5. The summed E-state index contributed by atoms with van der Waals surface area (Å²) < 4.78 is 43.9. The second-order valence-corrected chi connectivity index (χ2v) is 10.4. The molecule has 5 rings (SSSR count). The SMILES string of the molecule is O=C(COC(=O)c1cccc(N2C(=O)[C@@H]3CC[C@@H](c4ccccc4)C[C@H]3C2=O)c1)Nc1cc(C(F)(F)F)ccc1Cl. The topological polar surface area (TPSA) is 92.8 Å². The van der Waals surface area contributed by atoms with Gasteiger partial charge in [0.05, 0.1) is 39.4 Å². The van der Waals surface area contributed by atoms with Crippen LogP contribution in [-0.2, 0) is 25.3 Å². The van der Waals surface area contributed by atoms with Crippen LogP contribution < -0.4 is 10.2 Å². The van der Waals surface area contributed by atoms with Gasteiger partial charge in [-0.05, 0) is 67.1 Å². The Kier molecular flexibility index (Phi) is 7.86. The first kappa shape index (κ1) is 28.4. The van der Waals surface area contributed by atoms with E-state index < -0.39 is 42.1 Å². The number of rotatable bonds is 6. The quantitative estimate of drug-likeness (QED) is 0.274. The van der Waals surface area contributed by atoms with E-state index in [0.717, 1.165) is 29.0 Å². The summed E-state index contributed by atoms with van der Waals surface area (Å²) in [6.45, 7) is -0.803. The van der Waals surface area contributed by atoms with E-state index in [2.05, 4.69) is 5.32 Å². The first-order valence-electron chi connectivity index (χ1n) is 12.9. The molecule has 3 atom stereocenters. The van der Waals surface area contributed by atoms with E-state index in [9.17, 15) is 32.3 Å². The molecule has 11 heteroatoms. The van der Waals surface area contributed by atoms with Gasteiger partial charge in [0.15, 0.2) is 6.61 Å². The molecule has 1 saturated heterocycles. The first-order valence-corrected chi connectivity index (χ1v) is 13.3. The first-order chi connectivity index (χ1) is 19.5. The van der Waals surface area contributed by atoms with Gasteiger partial charge < -0.3 is 10.1 Å². The Hall–Kier alpha value is -4.18. The van der Waals surface area contributed by atoms with E-state index >= 15 is 0 Å². The van der Waals surface area contributed by atoms with Crippen molar-refractivity contribution < 1.29 is 37.1 Å². The molecule has 1 heterocycles. The number of fused-ring (bicyclic) bond motifs is 1. The number of carbonyl (C=O) groups excluding carboxylic acids is 4. The smallest absolute Gasteiger partial charge is 0.416 e. The lowest BCUT2D eigenvalue weighted by Gasteiger charge is -2.28. The Labute approximate surface area is 238 Å². The van der Waals surface area contributed by atoms with Crippen molar-refractivity contribution >= 4 is 46.7 Å². The predicted octanol–water partition coefficient (Wildman–Crippen LogP) is 6.23. The normalized spacial score (nSPS) is 20.5. The van der Waals surface area contributed by atoms with E-state index in [-0.39, 0.29) is 39.7 Å². The highest BCUT2D eigenvalue weighted by molar-refractivity contribution is 6.33.